The molecule has 2 amide bonds. The van der Waals surface area contributed by atoms with Crippen molar-refractivity contribution < 1.29 is 22.8 Å². The van der Waals surface area contributed by atoms with Crippen molar-refractivity contribution in [3.63, 3.8) is 0 Å². The second-order valence-corrected chi connectivity index (χ2v) is 8.17. The Morgan fingerprint density at radius 1 is 1.16 bits per heavy atom. The van der Waals surface area contributed by atoms with Gasteiger partial charge < -0.3 is 16.4 Å². The summed E-state index contributed by atoms with van der Waals surface area (Å²) in [6.45, 7) is 1.62. The van der Waals surface area contributed by atoms with Gasteiger partial charge in [0.25, 0.3) is 11.8 Å². The molecule has 2 aromatic heterocycles. The van der Waals surface area contributed by atoms with E-state index in [0.29, 0.717) is 5.01 Å². The number of amides is 2. The molecule has 1 atom stereocenters. The van der Waals surface area contributed by atoms with Gasteiger partial charge in [0.05, 0.1) is 22.8 Å². The van der Waals surface area contributed by atoms with E-state index >= 15 is 0 Å². The van der Waals surface area contributed by atoms with Gasteiger partial charge in [0.15, 0.2) is 5.69 Å². The van der Waals surface area contributed by atoms with Crippen LogP contribution in [0, 0.1) is 0 Å². The Morgan fingerprint density at radius 3 is 2.56 bits per heavy atom. The Morgan fingerprint density at radius 2 is 1.88 bits per heavy atom. The lowest BCUT2D eigenvalue weighted by molar-refractivity contribution is -0.137. The molecule has 0 aliphatic heterocycles. The first-order valence-electron chi connectivity index (χ1n) is 8.68. The maximum Gasteiger partial charge on any atom is 0.417 e. The van der Waals surface area contributed by atoms with Crippen molar-refractivity contribution in [3.8, 4) is 0 Å². The van der Waals surface area contributed by atoms with Crippen molar-refractivity contribution in [3.05, 3.63) is 61.9 Å². The second kappa shape index (κ2) is 9.27. The number of nitrogens with zero attached hydrogens (tertiary/aromatic N) is 3. The predicted molar refractivity (Wildman–Crippen MR) is 114 cm³/mol. The number of rotatable bonds is 5. The van der Waals surface area contributed by atoms with E-state index in [4.69, 9.17) is 28.9 Å². The van der Waals surface area contributed by atoms with E-state index in [0.717, 1.165) is 29.8 Å². The summed E-state index contributed by atoms with van der Waals surface area (Å²) in [5, 5.41) is 4.78. The molecule has 0 spiro atoms. The minimum Gasteiger partial charge on any atom is -0.382 e. The van der Waals surface area contributed by atoms with E-state index in [-0.39, 0.29) is 27.1 Å². The molecule has 1 unspecified atom stereocenters. The number of nitrogens with two attached hydrogens (primary N) is 1. The molecule has 0 radical (unpaired) electrons. The van der Waals surface area contributed by atoms with Crippen LogP contribution in [0.15, 0.2) is 30.7 Å². The number of halogens is 5. The van der Waals surface area contributed by atoms with Crippen LogP contribution in [-0.4, -0.2) is 26.8 Å². The van der Waals surface area contributed by atoms with Gasteiger partial charge in [-0.1, -0.05) is 23.2 Å². The van der Waals surface area contributed by atoms with Gasteiger partial charge in [-0.15, -0.1) is 11.3 Å². The van der Waals surface area contributed by atoms with Crippen LogP contribution < -0.4 is 16.4 Å². The van der Waals surface area contributed by atoms with Crippen LogP contribution in [0.3, 0.4) is 0 Å². The molecule has 3 aromatic rings. The minimum atomic E-state index is -4.67. The molecule has 8 nitrogen and oxygen atoms in total. The first-order chi connectivity index (χ1) is 15.0. The average Bonchev–Trinajstić information content (AvgIpc) is 3.21. The fourth-order valence-corrected chi connectivity index (χ4v) is 3.70. The lowest BCUT2D eigenvalue weighted by atomic mass is 10.2. The number of carbonyl (C=O) groups excluding carboxylic acids is 2. The Labute approximate surface area is 193 Å². The van der Waals surface area contributed by atoms with Gasteiger partial charge in [0, 0.05) is 5.69 Å². The van der Waals surface area contributed by atoms with Crippen LogP contribution in [0.2, 0.25) is 10.0 Å². The lowest BCUT2D eigenvalue weighted by Crippen LogP contribution is -2.28. The molecule has 2 heterocycles. The van der Waals surface area contributed by atoms with Crippen LogP contribution in [0.1, 0.15) is 43.7 Å². The van der Waals surface area contributed by atoms with Gasteiger partial charge in [0.1, 0.15) is 27.1 Å². The van der Waals surface area contributed by atoms with E-state index in [2.05, 4.69) is 25.6 Å². The Hall–Kier alpha value is -2.96. The van der Waals surface area contributed by atoms with Crippen molar-refractivity contribution in [1.82, 2.24) is 20.3 Å². The molecule has 0 saturated heterocycles. The smallest absolute Gasteiger partial charge is 0.382 e. The maximum absolute atomic E-state index is 13.0. The summed E-state index contributed by atoms with van der Waals surface area (Å²) in [5.74, 6) is -1.35. The highest BCUT2D eigenvalue weighted by Gasteiger charge is 2.33. The Kier molecular flexibility index (Phi) is 6.86. The highest BCUT2D eigenvalue weighted by molar-refractivity contribution is 7.13. The maximum atomic E-state index is 13.0. The van der Waals surface area contributed by atoms with Crippen LogP contribution in [0.4, 0.5) is 24.7 Å². The number of nitrogen functional groups attached to an aromatic ring is 1. The molecule has 168 valence electrons. The first kappa shape index (κ1) is 23.7. The molecular formula is C18H13Cl2F3N6O2S. The summed E-state index contributed by atoms with van der Waals surface area (Å²) >= 11 is 12.5. The molecule has 0 aliphatic rings. The lowest BCUT2D eigenvalue weighted by Gasteiger charge is -2.12. The summed E-state index contributed by atoms with van der Waals surface area (Å²) in [4.78, 5) is 36.5. The largest absolute Gasteiger partial charge is 0.417 e. The number of thiazole rings is 1. The monoisotopic (exact) mass is 504 g/mol. The number of aromatic nitrogens is 3. The number of hydrogen-bond acceptors (Lipinski definition) is 7. The van der Waals surface area contributed by atoms with E-state index in [1.54, 1.807) is 6.92 Å². The van der Waals surface area contributed by atoms with Crippen LogP contribution in [0.5, 0.6) is 0 Å². The van der Waals surface area contributed by atoms with Gasteiger partial charge in [-0.3, -0.25) is 9.59 Å². The number of anilines is 2. The summed E-state index contributed by atoms with van der Waals surface area (Å²) in [7, 11) is 0. The highest BCUT2D eigenvalue weighted by atomic mass is 35.5. The number of carbonyl (C=O) groups is 2. The number of nitrogens with one attached hydrogen (secondary N) is 2. The molecule has 4 N–H and O–H groups in total. The van der Waals surface area contributed by atoms with Gasteiger partial charge in [-0.05, 0) is 25.1 Å². The topological polar surface area (TPSA) is 123 Å². The van der Waals surface area contributed by atoms with E-state index in [1.165, 1.54) is 12.3 Å². The van der Waals surface area contributed by atoms with Crippen molar-refractivity contribution in [2.24, 2.45) is 0 Å². The van der Waals surface area contributed by atoms with Crippen LogP contribution in [-0.2, 0) is 6.18 Å². The third-order valence-electron chi connectivity index (χ3n) is 4.03. The fourth-order valence-electron chi connectivity index (χ4n) is 2.47. The van der Waals surface area contributed by atoms with E-state index in [1.807, 2.05) is 0 Å². The summed E-state index contributed by atoms with van der Waals surface area (Å²) < 4.78 is 39.0. The fraction of sp³-hybridized carbons (Fsp3) is 0.167. The second-order valence-electron chi connectivity index (χ2n) is 6.33. The SMILES string of the molecule is CC(NC(=O)c1ncnc(N)c1Cl)c1ncc(C(=O)Nc2ccc(Cl)c(C(F)(F)F)c2)s1. The third-order valence-corrected chi connectivity index (χ3v) is 5.91. The minimum absolute atomic E-state index is 0.0523. The quantitative estimate of drug-likeness (QED) is 0.467. The van der Waals surface area contributed by atoms with Gasteiger partial charge in [-0.2, -0.15) is 13.2 Å². The molecule has 1 aromatic carbocycles. The third kappa shape index (κ3) is 5.26. The number of benzene rings is 1. The first-order valence-corrected chi connectivity index (χ1v) is 10.2. The molecule has 0 fully saturated rings. The zero-order valence-corrected chi connectivity index (χ0v) is 18.3. The molecule has 14 heteroatoms. The normalized spacial score (nSPS) is 12.3. The summed E-state index contributed by atoms with van der Waals surface area (Å²) in [6.07, 6.45) is -2.33. The van der Waals surface area contributed by atoms with E-state index in [9.17, 15) is 22.8 Å². The van der Waals surface area contributed by atoms with Crippen LogP contribution in [0.25, 0.3) is 0 Å². The van der Waals surface area contributed by atoms with Crippen molar-refractivity contribution in [2.75, 3.05) is 11.1 Å². The Balaban J connectivity index is 1.70. The average molecular weight is 505 g/mol. The number of hydrogen-bond donors (Lipinski definition) is 3. The van der Waals surface area contributed by atoms with Crippen molar-refractivity contribution in [1.29, 1.82) is 0 Å². The predicted octanol–water partition coefficient (Wildman–Crippen LogP) is 4.58. The van der Waals surface area contributed by atoms with E-state index < -0.39 is 34.6 Å². The molecule has 3 rings (SSSR count). The van der Waals surface area contributed by atoms with Crippen molar-refractivity contribution in [2.45, 2.75) is 19.1 Å². The Bertz CT molecular complexity index is 1190. The zero-order chi connectivity index (χ0) is 23.6. The van der Waals surface area contributed by atoms with Gasteiger partial charge >= 0.3 is 6.18 Å². The molecular weight excluding hydrogens is 492 g/mol. The standard InChI is InChI=1S/C18H13Cl2F3N6O2S/c1-7(28-16(31)13-12(20)14(24)27-6-26-13)17-25-5-11(32-17)15(30)29-8-2-3-10(19)9(4-8)18(21,22)23/h2-7H,1H3,(H,28,31)(H,29,30)(H2,24,26,27). The number of alkyl halides is 3. The van der Waals surface area contributed by atoms with Gasteiger partial charge in [0.2, 0.25) is 0 Å². The zero-order valence-electron chi connectivity index (χ0n) is 16.0. The van der Waals surface area contributed by atoms with Gasteiger partial charge in [-0.25, -0.2) is 15.0 Å². The summed E-state index contributed by atoms with van der Waals surface area (Å²) in [5.41, 5.74) is 4.28. The molecule has 0 aliphatic carbocycles. The highest BCUT2D eigenvalue weighted by Crippen LogP contribution is 2.36. The van der Waals surface area contributed by atoms with Crippen molar-refractivity contribution >= 4 is 57.9 Å². The summed E-state index contributed by atoms with van der Waals surface area (Å²) in [6, 6.07) is 2.40. The molecule has 0 bridgehead atoms. The van der Waals surface area contributed by atoms with Crippen LogP contribution >= 0.6 is 34.5 Å². The molecule has 32 heavy (non-hydrogen) atoms. The molecule has 0 saturated carbocycles.